The van der Waals surface area contributed by atoms with Gasteiger partial charge in [0.05, 0.1) is 7.11 Å². The van der Waals surface area contributed by atoms with Gasteiger partial charge in [-0.25, -0.2) is 0 Å². The Morgan fingerprint density at radius 1 is 0.867 bits per heavy atom. The van der Waals surface area contributed by atoms with Gasteiger partial charge < -0.3 is 9.64 Å². The first-order valence-corrected chi connectivity index (χ1v) is 14.2. The lowest BCUT2D eigenvalue weighted by Crippen LogP contribution is -2.47. The van der Waals surface area contributed by atoms with Gasteiger partial charge in [0.1, 0.15) is 5.76 Å². The van der Waals surface area contributed by atoms with E-state index in [0.29, 0.717) is 0 Å². The molecule has 0 amide bonds. The Balaban J connectivity index is 1.39. The first kappa shape index (κ1) is 22.0. The van der Waals surface area contributed by atoms with Gasteiger partial charge in [-0.3, -0.25) is 4.31 Å². The average molecular weight is 429 g/mol. The second-order valence-corrected chi connectivity index (χ2v) is 13.2. The van der Waals surface area contributed by atoms with Gasteiger partial charge in [0, 0.05) is 29.6 Å². The highest BCUT2D eigenvalue weighted by atomic mass is 32.3. The smallest absolute Gasteiger partial charge is 0.122 e. The molecule has 0 aromatic heterocycles. The molecule has 1 aromatic rings. The predicted octanol–water partition coefficient (Wildman–Crippen LogP) is 5.93. The van der Waals surface area contributed by atoms with E-state index in [1.165, 1.54) is 67.9 Å². The zero-order valence-corrected chi connectivity index (χ0v) is 20.2. The summed E-state index contributed by atoms with van der Waals surface area (Å²) in [6.45, 7) is 7.52. The van der Waals surface area contributed by atoms with Crippen molar-refractivity contribution in [2.75, 3.05) is 45.8 Å². The van der Waals surface area contributed by atoms with E-state index < -0.39 is 10.2 Å². The minimum absolute atomic E-state index is 0.809. The van der Waals surface area contributed by atoms with Crippen LogP contribution in [0.25, 0.3) is 5.57 Å². The molecule has 3 aliphatic rings. The van der Waals surface area contributed by atoms with Crippen LogP contribution in [0.15, 0.2) is 47.1 Å². The maximum absolute atomic E-state index is 5.60. The highest BCUT2D eigenvalue weighted by molar-refractivity contribution is 8.30. The summed E-state index contributed by atoms with van der Waals surface area (Å²) in [6, 6.07) is 10.1. The maximum Gasteiger partial charge on any atom is 0.122 e. The molecule has 0 spiro atoms. The molecule has 4 heteroatoms. The van der Waals surface area contributed by atoms with Gasteiger partial charge in [-0.1, -0.05) is 25.1 Å². The van der Waals surface area contributed by atoms with Crippen molar-refractivity contribution in [2.45, 2.75) is 56.4 Å². The van der Waals surface area contributed by atoms with E-state index in [9.17, 15) is 0 Å². The third-order valence-electron chi connectivity index (χ3n) is 7.48. The highest BCUT2D eigenvalue weighted by Crippen LogP contribution is 2.53. The lowest BCUT2D eigenvalue weighted by atomic mass is 9.95. The fourth-order valence-electron chi connectivity index (χ4n) is 5.28. The topological polar surface area (TPSA) is 15.7 Å². The molecule has 0 unspecified atom stereocenters. The number of methoxy groups -OCH3 is 1. The number of nitrogens with zero attached hydrogens (tertiary/aromatic N) is 2. The van der Waals surface area contributed by atoms with Crippen LogP contribution >= 0.6 is 10.2 Å². The van der Waals surface area contributed by atoms with Crippen LogP contribution in [-0.2, 0) is 4.74 Å². The van der Waals surface area contributed by atoms with E-state index in [2.05, 4.69) is 65.1 Å². The number of ether oxygens (including phenoxy) is 1. The molecule has 0 saturated carbocycles. The summed E-state index contributed by atoms with van der Waals surface area (Å²) >= 11 is 0. The number of likely N-dealkylation sites (tertiary alicyclic amines) is 1. The Morgan fingerprint density at radius 3 is 2.13 bits per heavy atom. The van der Waals surface area contributed by atoms with Crippen LogP contribution in [-0.4, -0.2) is 61.0 Å². The van der Waals surface area contributed by atoms with Gasteiger partial charge in [-0.2, -0.15) is 10.2 Å². The molecule has 0 atom stereocenters. The molecule has 2 fully saturated rings. The second-order valence-electron chi connectivity index (χ2n) is 9.64. The van der Waals surface area contributed by atoms with E-state index in [0.717, 1.165) is 30.6 Å². The molecule has 4 rings (SSSR count). The minimum atomic E-state index is -0.942. The van der Waals surface area contributed by atoms with Crippen LogP contribution in [0, 0.1) is 5.92 Å². The van der Waals surface area contributed by atoms with Crippen LogP contribution in [0.5, 0.6) is 0 Å². The van der Waals surface area contributed by atoms with E-state index >= 15 is 0 Å². The van der Waals surface area contributed by atoms with Crippen LogP contribution < -0.4 is 0 Å². The number of piperidine rings is 2. The van der Waals surface area contributed by atoms with Crippen molar-refractivity contribution >= 4 is 15.8 Å². The van der Waals surface area contributed by atoms with Gasteiger partial charge in [-0.05, 0) is 93.8 Å². The number of allylic oxidation sites excluding steroid dienone is 3. The van der Waals surface area contributed by atoms with Crippen molar-refractivity contribution in [1.82, 2.24) is 9.21 Å². The standard InChI is InChI=1S/C26H40N2OS/c1-21-13-17-27(18-14-21)23-15-19-28(20-16-23)30(3,4)24-11-9-22(10-12-24)25-7-5-6-8-26(25)29-2/h7-12,21,23H,5-6,13-20H2,1-4H3. The molecule has 1 aromatic carbocycles. The van der Waals surface area contributed by atoms with Crippen molar-refractivity contribution in [1.29, 1.82) is 0 Å². The monoisotopic (exact) mass is 428 g/mol. The molecular formula is C26H40N2OS. The zero-order valence-electron chi connectivity index (χ0n) is 19.4. The quantitative estimate of drug-likeness (QED) is 0.578. The average Bonchev–Trinajstić information content (AvgIpc) is 2.80. The Morgan fingerprint density at radius 2 is 1.50 bits per heavy atom. The van der Waals surface area contributed by atoms with Gasteiger partial charge >= 0.3 is 0 Å². The SMILES string of the molecule is COC1=CCCC=C1c1ccc(S(C)(C)N2CCC(N3CCC(C)CC3)CC2)cc1. The molecule has 166 valence electrons. The second kappa shape index (κ2) is 9.50. The summed E-state index contributed by atoms with van der Waals surface area (Å²) in [5.41, 5.74) is 2.53. The summed E-state index contributed by atoms with van der Waals surface area (Å²) in [5.74, 6) is 1.95. The number of rotatable bonds is 5. The van der Waals surface area contributed by atoms with E-state index in [4.69, 9.17) is 4.74 Å². The van der Waals surface area contributed by atoms with Crippen molar-refractivity contribution in [2.24, 2.45) is 5.92 Å². The van der Waals surface area contributed by atoms with E-state index in [-0.39, 0.29) is 0 Å². The Bertz CT molecular complexity index is 767. The fourth-order valence-corrected chi connectivity index (χ4v) is 7.50. The lowest BCUT2D eigenvalue weighted by Gasteiger charge is -2.49. The Kier molecular flexibility index (Phi) is 6.96. The summed E-state index contributed by atoms with van der Waals surface area (Å²) in [7, 11) is 0.836. The fraction of sp³-hybridized carbons (Fsp3) is 0.615. The predicted molar refractivity (Wildman–Crippen MR) is 131 cm³/mol. The first-order chi connectivity index (χ1) is 14.5. The molecule has 0 N–H and O–H groups in total. The maximum atomic E-state index is 5.60. The van der Waals surface area contributed by atoms with Gasteiger partial charge in [0.25, 0.3) is 0 Å². The van der Waals surface area contributed by atoms with Crippen molar-refractivity contribution in [3.8, 4) is 0 Å². The third-order valence-corrected chi connectivity index (χ3v) is 10.6. The van der Waals surface area contributed by atoms with Crippen molar-refractivity contribution in [3.63, 3.8) is 0 Å². The van der Waals surface area contributed by atoms with Crippen LogP contribution in [0.1, 0.15) is 51.0 Å². The summed E-state index contributed by atoms with van der Waals surface area (Å²) in [6.07, 6.45) is 17.1. The van der Waals surface area contributed by atoms with Gasteiger partial charge in [-0.15, -0.1) is 0 Å². The first-order valence-electron chi connectivity index (χ1n) is 11.8. The Labute approximate surface area is 185 Å². The van der Waals surface area contributed by atoms with Gasteiger partial charge in [0.15, 0.2) is 0 Å². The number of benzene rings is 1. The molecule has 2 saturated heterocycles. The minimum Gasteiger partial charge on any atom is -0.496 e. The molecule has 1 aliphatic carbocycles. The molecule has 30 heavy (non-hydrogen) atoms. The third kappa shape index (κ3) is 4.66. The number of hydrogen-bond donors (Lipinski definition) is 0. The highest BCUT2D eigenvalue weighted by Gasteiger charge is 2.32. The van der Waals surface area contributed by atoms with Gasteiger partial charge in [0.2, 0.25) is 0 Å². The van der Waals surface area contributed by atoms with E-state index in [1.54, 1.807) is 7.11 Å². The van der Waals surface area contributed by atoms with Crippen molar-refractivity contribution in [3.05, 3.63) is 47.7 Å². The summed E-state index contributed by atoms with van der Waals surface area (Å²) in [5, 5.41) is 0. The largest absolute Gasteiger partial charge is 0.496 e. The normalized spacial score (nSPS) is 23.7. The summed E-state index contributed by atoms with van der Waals surface area (Å²) in [4.78, 5) is 4.28. The van der Waals surface area contributed by atoms with Crippen LogP contribution in [0.2, 0.25) is 0 Å². The molecule has 3 nitrogen and oxygen atoms in total. The zero-order chi connectivity index (χ0) is 21.1. The number of hydrogen-bond acceptors (Lipinski definition) is 3. The molecule has 2 aliphatic heterocycles. The van der Waals surface area contributed by atoms with Crippen LogP contribution in [0.3, 0.4) is 0 Å². The molecule has 0 bridgehead atoms. The van der Waals surface area contributed by atoms with Crippen LogP contribution in [0.4, 0.5) is 0 Å². The summed E-state index contributed by atoms with van der Waals surface area (Å²) < 4.78 is 8.39. The van der Waals surface area contributed by atoms with E-state index in [1.807, 2.05) is 0 Å². The molecule has 0 radical (unpaired) electrons. The Hall–Kier alpha value is -1.23. The van der Waals surface area contributed by atoms with Crippen molar-refractivity contribution < 1.29 is 4.74 Å². The molecular weight excluding hydrogens is 388 g/mol. The lowest BCUT2D eigenvalue weighted by molar-refractivity contribution is 0.102. The molecule has 2 heterocycles.